The summed E-state index contributed by atoms with van der Waals surface area (Å²) in [5.41, 5.74) is 0. The van der Waals surface area contributed by atoms with Gasteiger partial charge in [-0.1, -0.05) is 5.92 Å². The minimum absolute atomic E-state index is 0.175. The highest BCUT2D eigenvalue weighted by atomic mass is 16.5. The second-order valence-corrected chi connectivity index (χ2v) is 3.35. The van der Waals surface area contributed by atoms with Gasteiger partial charge in [-0.05, 0) is 19.8 Å². The maximum Gasteiger partial charge on any atom is 0.305 e. The molecule has 5 heteroatoms. The minimum Gasteiger partial charge on any atom is -0.469 e. The number of carbonyl (C=O) groups excluding carboxylic acids is 1. The Labute approximate surface area is 103 Å². The molecule has 0 amide bonds. The monoisotopic (exact) mass is 239 g/mol. The minimum atomic E-state index is -0.175. The molecule has 0 rings (SSSR count). The summed E-state index contributed by atoms with van der Waals surface area (Å²) in [4.78, 5) is 15.2. The summed E-state index contributed by atoms with van der Waals surface area (Å²) in [7, 11) is 1.40. The number of methoxy groups -OCH3 is 1. The molecule has 0 aliphatic rings. The largest absolute Gasteiger partial charge is 0.469 e. The molecule has 0 saturated carbocycles. The zero-order chi connectivity index (χ0) is 12.9. The van der Waals surface area contributed by atoms with E-state index in [1.807, 2.05) is 6.92 Å². The van der Waals surface area contributed by atoms with E-state index in [2.05, 4.69) is 26.3 Å². The summed E-state index contributed by atoms with van der Waals surface area (Å²) < 4.78 is 4.55. The molecule has 0 aromatic carbocycles. The van der Waals surface area contributed by atoms with Crippen molar-refractivity contribution in [2.75, 3.05) is 26.7 Å². The van der Waals surface area contributed by atoms with Crippen LogP contribution in [0.25, 0.3) is 0 Å². The molecule has 17 heavy (non-hydrogen) atoms. The highest BCUT2D eigenvalue weighted by Crippen LogP contribution is 1.97. The number of rotatable bonds is 7. The number of terminal acetylenes is 1. The Kier molecular flexibility index (Phi) is 9.73. The second kappa shape index (κ2) is 10.8. The van der Waals surface area contributed by atoms with Gasteiger partial charge in [0.1, 0.15) is 0 Å². The molecule has 0 aliphatic heterocycles. The molecule has 0 heterocycles. The average Bonchev–Trinajstić information content (AvgIpc) is 2.34. The van der Waals surface area contributed by atoms with E-state index in [0.29, 0.717) is 25.5 Å². The summed E-state index contributed by atoms with van der Waals surface area (Å²) in [5.74, 6) is 3.02. The van der Waals surface area contributed by atoms with E-state index in [1.165, 1.54) is 7.11 Å². The number of nitrogens with zero attached hydrogens (tertiary/aromatic N) is 1. The molecule has 96 valence electrons. The van der Waals surface area contributed by atoms with Gasteiger partial charge in [0.15, 0.2) is 5.96 Å². The lowest BCUT2D eigenvalue weighted by Crippen LogP contribution is -2.37. The van der Waals surface area contributed by atoms with E-state index in [4.69, 9.17) is 6.42 Å². The van der Waals surface area contributed by atoms with Crippen LogP contribution in [0.15, 0.2) is 4.99 Å². The predicted octanol–water partition coefficient (Wildman–Crippen LogP) is 0.518. The van der Waals surface area contributed by atoms with Crippen molar-refractivity contribution in [3.05, 3.63) is 0 Å². The number of hydrogen-bond donors (Lipinski definition) is 2. The predicted molar refractivity (Wildman–Crippen MR) is 68.7 cm³/mol. The maximum absolute atomic E-state index is 10.8. The van der Waals surface area contributed by atoms with Crippen LogP contribution in [-0.2, 0) is 9.53 Å². The summed E-state index contributed by atoms with van der Waals surface area (Å²) in [5, 5.41) is 6.07. The molecular weight excluding hydrogens is 218 g/mol. The van der Waals surface area contributed by atoms with Gasteiger partial charge < -0.3 is 15.4 Å². The van der Waals surface area contributed by atoms with Crippen LogP contribution in [0.3, 0.4) is 0 Å². The Morgan fingerprint density at radius 1 is 1.41 bits per heavy atom. The van der Waals surface area contributed by atoms with Crippen LogP contribution in [0, 0.1) is 12.3 Å². The van der Waals surface area contributed by atoms with Gasteiger partial charge in [-0.15, -0.1) is 6.42 Å². The van der Waals surface area contributed by atoms with Crippen molar-refractivity contribution in [2.45, 2.75) is 26.2 Å². The smallest absolute Gasteiger partial charge is 0.305 e. The molecular formula is C12H21N3O2. The van der Waals surface area contributed by atoms with Gasteiger partial charge in [0, 0.05) is 19.5 Å². The Bertz CT molecular complexity index is 282. The number of guanidine groups is 1. The van der Waals surface area contributed by atoms with Crippen LogP contribution >= 0.6 is 0 Å². The van der Waals surface area contributed by atoms with E-state index in [-0.39, 0.29) is 5.97 Å². The van der Waals surface area contributed by atoms with Crippen LogP contribution < -0.4 is 10.6 Å². The molecule has 0 unspecified atom stereocenters. The first-order valence-electron chi connectivity index (χ1n) is 5.77. The van der Waals surface area contributed by atoms with Gasteiger partial charge in [-0.25, -0.2) is 0 Å². The fraction of sp³-hybridized carbons (Fsp3) is 0.667. The Balaban J connectivity index is 3.76. The molecule has 0 atom stereocenters. The third-order valence-corrected chi connectivity index (χ3v) is 1.99. The summed E-state index contributed by atoms with van der Waals surface area (Å²) in [6, 6.07) is 0. The number of aliphatic imine (C=N–C) groups is 1. The first-order chi connectivity index (χ1) is 8.24. The topological polar surface area (TPSA) is 62.7 Å². The van der Waals surface area contributed by atoms with E-state index >= 15 is 0 Å². The Hall–Kier alpha value is -1.70. The summed E-state index contributed by atoms with van der Waals surface area (Å²) in [6.07, 6.45) is 7.23. The van der Waals surface area contributed by atoms with Gasteiger partial charge in [-0.2, -0.15) is 0 Å². The van der Waals surface area contributed by atoms with Crippen LogP contribution in [0.5, 0.6) is 0 Å². The first-order valence-corrected chi connectivity index (χ1v) is 5.77. The van der Waals surface area contributed by atoms with Crippen LogP contribution in [0.2, 0.25) is 0 Å². The lowest BCUT2D eigenvalue weighted by molar-refractivity contribution is -0.140. The first kappa shape index (κ1) is 15.3. The molecule has 0 fully saturated rings. The number of esters is 1. The number of carbonyl (C=O) groups is 1. The molecule has 2 N–H and O–H groups in total. The summed E-state index contributed by atoms with van der Waals surface area (Å²) in [6.45, 7) is 3.90. The third kappa shape index (κ3) is 9.24. The zero-order valence-corrected chi connectivity index (χ0v) is 10.6. The highest BCUT2D eigenvalue weighted by Gasteiger charge is 1.99. The van der Waals surface area contributed by atoms with Crippen molar-refractivity contribution in [1.29, 1.82) is 0 Å². The van der Waals surface area contributed by atoms with E-state index in [0.717, 1.165) is 19.4 Å². The standard InChI is InChI=1S/C12H21N3O2/c1-4-9-14-12(13-5-2)15-10-7-6-8-11(16)17-3/h1H,5-10H2,2-3H3,(H2,13,14,15). The molecule has 0 aliphatic carbocycles. The molecule has 0 radical (unpaired) electrons. The van der Waals surface area contributed by atoms with Crippen molar-refractivity contribution in [3.8, 4) is 12.3 Å². The number of nitrogens with one attached hydrogen (secondary N) is 2. The second-order valence-electron chi connectivity index (χ2n) is 3.35. The number of ether oxygens (including phenoxy) is 1. The normalized spacial score (nSPS) is 10.5. The van der Waals surface area contributed by atoms with Crippen molar-refractivity contribution < 1.29 is 9.53 Å². The van der Waals surface area contributed by atoms with Crippen molar-refractivity contribution in [3.63, 3.8) is 0 Å². The van der Waals surface area contributed by atoms with Gasteiger partial charge in [-0.3, -0.25) is 9.79 Å². The van der Waals surface area contributed by atoms with Crippen molar-refractivity contribution >= 4 is 11.9 Å². The Morgan fingerprint density at radius 3 is 2.76 bits per heavy atom. The van der Waals surface area contributed by atoms with Gasteiger partial charge in [0.25, 0.3) is 0 Å². The van der Waals surface area contributed by atoms with Crippen LogP contribution in [0.1, 0.15) is 26.2 Å². The molecule has 0 saturated heterocycles. The molecule has 0 aromatic heterocycles. The van der Waals surface area contributed by atoms with Crippen LogP contribution in [-0.4, -0.2) is 38.7 Å². The lowest BCUT2D eigenvalue weighted by atomic mass is 10.2. The third-order valence-electron chi connectivity index (χ3n) is 1.99. The fourth-order valence-corrected chi connectivity index (χ4v) is 1.15. The van der Waals surface area contributed by atoms with Gasteiger partial charge >= 0.3 is 5.97 Å². The molecule has 0 bridgehead atoms. The molecule has 5 nitrogen and oxygen atoms in total. The van der Waals surface area contributed by atoms with Gasteiger partial charge in [0.2, 0.25) is 0 Å². The summed E-state index contributed by atoms with van der Waals surface area (Å²) >= 11 is 0. The fourth-order valence-electron chi connectivity index (χ4n) is 1.15. The number of hydrogen-bond acceptors (Lipinski definition) is 3. The molecule has 0 spiro atoms. The average molecular weight is 239 g/mol. The van der Waals surface area contributed by atoms with Gasteiger partial charge in [0.05, 0.1) is 13.7 Å². The van der Waals surface area contributed by atoms with E-state index in [1.54, 1.807) is 0 Å². The van der Waals surface area contributed by atoms with Crippen LogP contribution in [0.4, 0.5) is 0 Å². The quantitative estimate of drug-likeness (QED) is 0.223. The zero-order valence-electron chi connectivity index (χ0n) is 10.6. The number of unbranched alkanes of at least 4 members (excludes halogenated alkanes) is 1. The van der Waals surface area contributed by atoms with Crippen molar-refractivity contribution in [2.24, 2.45) is 4.99 Å². The maximum atomic E-state index is 10.8. The Morgan fingerprint density at radius 2 is 2.18 bits per heavy atom. The SMILES string of the molecule is C#CCNC(=NCCCCC(=O)OC)NCC. The lowest BCUT2D eigenvalue weighted by Gasteiger charge is -2.08. The van der Waals surface area contributed by atoms with E-state index < -0.39 is 0 Å². The van der Waals surface area contributed by atoms with E-state index in [9.17, 15) is 4.79 Å². The molecule has 0 aromatic rings. The highest BCUT2D eigenvalue weighted by molar-refractivity contribution is 5.79. The van der Waals surface area contributed by atoms with Crippen molar-refractivity contribution in [1.82, 2.24) is 10.6 Å².